The second-order valence-corrected chi connectivity index (χ2v) is 6.01. The van der Waals surface area contributed by atoms with E-state index in [9.17, 15) is 10.1 Å². The predicted molar refractivity (Wildman–Crippen MR) is 104 cm³/mol. The zero-order chi connectivity index (χ0) is 19.4. The second kappa shape index (κ2) is 7.88. The van der Waals surface area contributed by atoms with E-state index < -0.39 is 4.92 Å². The van der Waals surface area contributed by atoms with Gasteiger partial charge >= 0.3 is 0 Å². The van der Waals surface area contributed by atoms with Gasteiger partial charge in [-0.05, 0) is 30.7 Å². The lowest BCUT2D eigenvalue weighted by molar-refractivity contribution is -0.384. The fraction of sp³-hybridized carbons (Fsp3) is 0.211. The zero-order valence-corrected chi connectivity index (χ0v) is 15.2. The maximum atomic E-state index is 11.1. The van der Waals surface area contributed by atoms with Gasteiger partial charge in [0.2, 0.25) is 0 Å². The number of hydrogen-bond donors (Lipinski definition) is 2. The number of nitrogens with zero attached hydrogens (tertiary/aromatic N) is 3. The van der Waals surface area contributed by atoms with Crippen molar-refractivity contribution >= 4 is 11.4 Å². The Bertz CT molecular complexity index is 968. The molecule has 1 aromatic heterocycles. The molecule has 0 spiro atoms. The Balaban J connectivity index is 2.03. The molecular formula is C19H21N5O3. The van der Waals surface area contributed by atoms with Gasteiger partial charge in [-0.15, -0.1) is 0 Å². The fourth-order valence-electron chi connectivity index (χ4n) is 2.78. The number of nitro benzene ring substituents is 1. The van der Waals surface area contributed by atoms with E-state index in [4.69, 9.17) is 10.5 Å². The highest BCUT2D eigenvalue weighted by molar-refractivity contribution is 5.70. The molecule has 8 heteroatoms. The third-order valence-corrected chi connectivity index (χ3v) is 4.11. The quantitative estimate of drug-likeness (QED) is 0.490. The first-order valence-electron chi connectivity index (χ1n) is 8.48. The molecule has 3 aromatic rings. The van der Waals surface area contributed by atoms with Crippen molar-refractivity contribution in [1.82, 2.24) is 9.55 Å². The first-order chi connectivity index (χ1) is 13.0. The normalized spacial score (nSPS) is 10.6. The van der Waals surface area contributed by atoms with Crippen LogP contribution in [0.3, 0.4) is 0 Å². The van der Waals surface area contributed by atoms with E-state index in [2.05, 4.69) is 10.3 Å². The molecule has 140 valence electrons. The number of aromatic nitrogens is 2. The molecule has 0 atom stereocenters. The lowest BCUT2D eigenvalue weighted by Gasteiger charge is -2.11. The minimum atomic E-state index is -0.417. The number of benzene rings is 2. The van der Waals surface area contributed by atoms with Gasteiger partial charge in [0.25, 0.3) is 5.69 Å². The Labute approximate surface area is 156 Å². The number of aryl methyl sites for hydroxylation is 1. The van der Waals surface area contributed by atoms with E-state index >= 15 is 0 Å². The third-order valence-electron chi connectivity index (χ3n) is 4.11. The predicted octanol–water partition coefficient (Wildman–Crippen LogP) is 3.14. The van der Waals surface area contributed by atoms with E-state index in [-0.39, 0.29) is 5.69 Å². The summed E-state index contributed by atoms with van der Waals surface area (Å²) in [6.45, 7) is 2.81. The van der Waals surface area contributed by atoms with Crippen molar-refractivity contribution in [2.45, 2.75) is 6.92 Å². The summed E-state index contributed by atoms with van der Waals surface area (Å²) in [5.41, 5.74) is 9.57. The fourth-order valence-corrected chi connectivity index (χ4v) is 2.78. The van der Waals surface area contributed by atoms with Gasteiger partial charge in [-0.25, -0.2) is 4.98 Å². The molecule has 0 saturated carbocycles. The van der Waals surface area contributed by atoms with Crippen molar-refractivity contribution in [3.63, 3.8) is 0 Å². The van der Waals surface area contributed by atoms with Gasteiger partial charge < -0.3 is 20.4 Å². The molecule has 8 nitrogen and oxygen atoms in total. The number of nitrogens with two attached hydrogens (primary N) is 1. The summed E-state index contributed by atoms with van der Waals surface area (Å²) in [5.74, 6) is 0.707. The molecule has 3 N–H and O–H groups in total. The Hall–Kier alpha value is -3.39. The molecule has 0 radical (unpaired) electrons. The van der Waals surface area contributed by atoms with E-state index in [0.29, 0.717) is 30.3 Å². The average Bonchev–Trinajstić information content (AvgIpc) is 3.15. The van der Waals surface area contributed by atoms with Crippen LogP contribution < -0.4 is 15.8 Å². The maximum Gasteiger partial charge on any atom is 0.271 e. The first-order valence-corrected chi connectivity index (χ1v) is 8.48. The van der Waals surface area contributed by atoms with Crippen LogP contribution in [0.15, 0.2) is 48.9 Å². The molecule has 27 heavy (non-hydrogen) atoms. The van der Waals surface area contributed by atoms with Crippen LogP contribution in [0.2, 0.25) is 0 Å². The van der Waals surface area contributed by atoms with Crippen molar-refractivity contribution < 1.29 is 9.66 Å². The molecule has 0 bridgehead atoms. The molecule has 0 unspecified atom stereocenters. The van der Waals surface area contributed by atoms with Gasteiger partial charge in [0.05, 0.1) is 28.3 Å². The summed E-state index contributed by atoms with van der Waals surface area (Å²) in [7, 11) is 1.77. The van der Waals surface area contributed by atoms with Crippen LogP contribution in [-0.4, -0.2) is 34.7 Å². The van der Waals surface area contributed by atoms with Crippen LogP contribution in [0.4, 0.5) is 11.4 Å². The van der Waals surface area contributed by atoms with E-state index in [0.717, 1.165) is 16.8 Å². The van der Waals surface area contributed by atoms with Crippen molar-refractivity contribution in [1.29, 1.82) is 0 Å². The molecule has 2 aromatic carbocycles. The number of rotatable bonds is 7. The molecule has 3 rings (SSSR count). The topological polar surface area (TPSA) is 108 Å². The summed E-state index contributed by atoms with van der Waals surface area (Å²) >= 11 is 0. The Kier molecular flexibility index (Phi) is 5.37. The van der Waals surface area contributed by atoms with E-state index in [1.54, 1.807) is 24.0 Å². The largest absolute Gasteiger partial charge is 0.492 e. The lowest BCUT2D eigenvalue weighted by Crippen LogP contribution is -2.11. The highest BCUT2D eigenvalue weighted by Crippen LogP contribution is 2.32. The monoisotopic (exact) mass is 367 g/mol. The highest BCUT2D eigenvalue weighted by atomic mass is 16.6. The van der Waals surface area contributed by atoms with Crippen LogP contribution in [0.5, 0.6) is 5.75 Å². The number of nitro groups is 1. The number of nitrogens with one attached hydrogen (secondary N) is 1. The van der Waals surface area contributed by atoms with Gasteiger partial charge in [0, 0.05) is 37.5 Å². The molecule has 1 heterocycles. The van der Waals surface area contributed by atoms with Crippen molar-refractivity contribution in [2.24, 2.45) is 5.73 Å². The Morgan fingerprint density at radius 3 is 2.81 bits per heavy atom. The summed E-state index contributed by atoms with van der Waals surface area (Å²) in [6, 6.07) is 10.5. The SMILES string of the molecule is CNc1ccc([N+](=O)[O-])cc1-n1cnc(-c2ccc(C)cc2OCCN)c1. The standard InChI is InChI=1S/C19H21N5O3/c1-13-3-5-15(19(9-13)27-8-7-20)17-11-23(12-22-17)18-10-14(24(25)26)4-6-16(18)21-2/h3-6,9-12,21H,7-8,20H2,1-2H3. The van der Waals surface area contributed by atoms with Gasteiger partial charge in [-0.1, -0.05) is 6.07 Å². The molecule has 0 fully saturated rings. The Morgan fingerprint density at radius 2 is 2.11 bits per heavy atom. The minimum Gasteiger partial charge on any atom is -0.492 e. The van der Waals surface area contributed by atoms with Crippen molar-refractivity contribution in [3.8, 4) is 22.7 Å². The zero-order valence-electron chi connectivity index (χ0n) is 15.2. The number of hydrogen-bond acceptors (Lipinski definition) is 6. The van der Waals surface area contributed by atoms with Gasteiger partial charge in [-0.2, -0.15) is 0 Å². The summed E-state index contributed by atoms with van der Waals surface area (Å²) in [6.07, 6.45) is 3.45. The van der Waals surface area contributed by atoms with Gasteiger partial charge in [0.1, 0.15) is 12.4 Å². The van der Waals surface area contributed by atoms with Gasteiger partial charge in [-0.3, -0.25) is 10.1 Å². The minimum absolute atomic E-state index is 0.0153. The molecule has 0 aliphatic carbocycles. The van der Waals surface area contributed by atoms with Crippen LogP contribution in [-0.2, 0) is 0 Å². The summed E-state index contributed by atoms with van der Waals surface area (Å²) < 4.78 is 7.51. The van der Waals surface area contributed by atoms with E-state index in [1.165, 1.54) is 12.1 Å². The highest BCUT2D eigenvalue weighted by Gasteiger charge is 2.14. The lowest BCUT2D eigenvalue weighted by atomic mass is 10.1. The molecule has 0 saturated heterocycles. The smallest absolute Gasteiger partial charge is 0.271 e. The molecule has 0 aliphatic rings. The van der Waals surface area contributed by atoms with Gasteiger partial charge in [0.15, 0.2) is 0 Å². The van der Waals surface area contributed by atoms with E-state index in [1.807, 2.05) is 31.3 Å². The van der Waals surface area contributed by atoms with Crippen LogP contribution in [0.25, 0.3) is 16.9 Å². The Morgan fingerprint density at radius 1 is 1.30 bits per heavy atom. The number of imidazole rings is 1. The van der Waals surface area contributed by atoms with Crippen molar-refractivity contribution in [2.75, 3.05) is 25.5 Å². The molecular weight excluding hydrogens is 346 g/mol. The van der Waals surface area contributed by atoms with Crippen LogP contribution >= 0.6 is 0 Å². The van der Waals surface area contributed by atoms with Crippen LogP contribution in [0, 0.1) is 17.0 Å². The maximum absolute atomic E-state index is 11.1. The summed E-state index contributed by atoms with van der Waals surface area (Å²) in [5, 5.41) is 14.2. The first kappa shape index (κ1) is 18.4. The second-order valence-electron chi connectivity index (χ2n) is 6.01. The van der Waals surface area contributed by atoms with Crippen LogP contribution in [0.1, 0.15) is 5.56 Å². The number of non-ortho nitro benzene ring substituents is 1. The third kappa shape index (κ3) is 3.90. The molecule has 0 amide bonds. The average molecular weight is 367 g/mol. The molecule has 0 aliphatic heterocycles. The van der Waals surface area contributed by atoms with Crippen molar-refractivity contribution in [3.05, 3.63) is 64.6 Å². The number of ether oxygens (including phenoxy) is 1. The summed E-state index contributed by atoms with van der Waals surface area (Å²) in [4.78, 5) is 15.2. The number of anilines is 1.